The Morgan fingerprint density at radius 3 is 2.94 bits per heavy atom. The molecule has 0 radical (unpaired) electrons. The highest BCUT2D eigenvalue weighted by molar-refractivity contribution is 5.79. The van der Waals surface area contributed by atoms with Crippen molar-refractivity contribution in [2.75, 3.05) is 19.8 Å². The summed E-state index contributed by atoms with van der Waals surface area (Å²) >= 11 is 0. The number of nitrogens with two attached hydrogens (primary N) is 1. The number of rotatable bonds is 5. The normalized spacial score (nSPS) is 30.1. The van der Waals surface area contributed by atoms with Gasteiger partial charge in [-0.1, -0.05) is 6.92 Å². The molecule has 3 atom stereocenters. The lowest BCUT2D eigenvalue weighted by molar-refractivity contribution is -0.127. The van der Waals surface area contributed by atoms with Crippen molar-refractivity contribution in [2.24, 2.45) is 17.6 Å². The minimum Gasteiger partial charge on any atom is -0.380 e. The molecular weight excluding hydrogens is 204 g/mol. The van der Waals surface area contributed by atoms with Crippen LogP contribution in [0.1, 0.15) is 33.1 Å². The van der Waals surface area contributed by atoms with E-state index < -0.39 is 0 Å². The van der Waals surface area contributed by atoms with E-state index in [1.165, 1.54) is 0 Å². The van der Waals surface area contributed by atoms with Crippen LogP contribution in [0.15, 0.2) is 0 Å². The second-order valence-corrected chi connectivity index (χ2v) is 4.64. The summed E-state index contributed by atoms with van der Waals surface area (Å²) in [5.41, 5.74) is 5.90. The first-order chi connectivity index (χ1) is 7.65. The van der Waals surface area contributed by atoms with Crippen molar-refractivity contribution in [1.29, 1.82) is 0 Å². The van der Waals surface area contributed by atoms with E-state index >= 15 is 0 Å². The Balaban J connectivity index is 2.28. The van der Waals surface area contributed by atoms with Crippen LogP contribution in [0.4, 0.5) is 0 Å². The number of carbonyl (C=O) groups excluding carboxylic acids is 1. The lowest BCUT2D eigenvalue weighted by Crippen LogP contribution is -2.42. The third kappa shape index (κ3) is 4.10. The van der Waals surface area contributed by atoms with Gasteiger partial charge in [0.15, 0.2) is 0 Å². The smallest absolute Gasteiger partial charge is 0.223 e. The quantitative estimate of drug-likeness (QED) is 0.687. The third-order valence-electron chi connectivity index (χ3n) is 3.32. The Morgan fingerprint density at radius 2 is 2.25 bits per heavy atom. The first kappa shape index (κ1) is 13.5. The van der Waals surface area contributed by atoms with Crippen LogP contribution in [0.5, 0.6) is 0 Å². The van der Waals surface area contributed by atoms with Gasteiger partial charge in [0.2, 0.25) is 5.91 Å². The second kappa shape index (κ2) is 6.86. The van der Waals surface area contributed by atoms with Crippen LogP contribution in [0.25, 0.3) is 0 Å². The van der Waals surface area contributed by atoms with Crippen molar-refractivity contribution in [3.05, 3.63) is 0 Å². The predicted octanol–water partition coefficient (Wildman–Crippen LogP) is 0.903. The maximum absolute atomic E-state index is 11.9. The molecule has 0 aliphatic heterocycles. The summed E-state index contributed by atoms with van der Waals surface area (Å²) in [6.07, 6.45) is 2.93. The minimum atomic E-state index is 0.0883. The van der Waals surface area contributed by atoms with Crippen LogP contribution >= 0.6 is 0 Å². The van der Waals surface area contributed by atoms with Gasteiger partial charge in [0.1, 0.15) is 0 Å². The van der Waals surface area contributed by atoms with Gasteiger partial charge in [-0.05, 0) is 32.1 Å². The van der Waals surface area contributed by atoms with Crippen LogP contribution in [0.3, 0.4) is 0 Å². The number of amides is 1. The van der Waals surface area contributed by atoms with Gasteiger partial charge in [0.25, 0.3) is 0 Å². The molecule has 0 aromatic carbocycles. The fourth-order valence-electron chi connectivity index (χ4n) is 2.24. The van der Waals surface area contributed by atoms with E-state index in [2.05, 4.69) is 12.2 Å². The summed E-state index contributed by atoms with van der Waals surface area (Å²) < 4.78 is 5.18. The zero-order valence-electron chi connectivity index (χ0n) is 10.4. The molecule has 3 unspecified atom stereocenters. The summed E-state index contributed by atoms with van der Waals surface area (Å²) in [5, 5.41) is 2.92. The number of nitrogens with one attached hydrogen (secondary N) is 1. The van der Waals surface area contributed by atoms with E-state index in [1.807, 2.05) is 6.92 Å². The average Bonchev–Trinajstić information content (AvgIpc) is 2.27. The number of carbonyl (C=O) groups is 1. The van der Waals surface area contributed by atoms with Gasteiger partial charge in [0, 0.05) is 25.1 Å². The fourth-order valence-corrected chi connectivity index (χ4v) is 2.24. The molecule has 0 spiro atoms. The zero-order chi connectivity index (χ0) is 12.0. The predicted molar refractivity (Wildman–Crippen MR) is 64.0 cm³/mol. The third-order valence-corrected chi connectivity index (χ3v) is 3.32. The first-order valence-corrected chi connectivity index (χ1v) is 6.26. The van der Waals surface area contributed by atoms with Gasteiger partial charge in [-0.25, -0.2) is 0 Å². The Hall–Kier alpha value is -0.610. The minimum absolute atomic E-state index is 0.0883. The number of hydrogen-bond acceptors (Lipinski definition) is 3. The highest BCUT2D eigenvalue weighted by atomic mass is 16.5. The Bertz CT molecular complexity index is 221. The van der Waals surface area contributed by atoms with Crippen molar-refractivity contribution < 1.29 is 9.53 Å². The molecule has 4 heteroatoms. The Kier molecular flexibility index (Phi) is 5.77. The van der Waals surface area contributed by atoms with Crippen molar-refractivity contribution >= 4 is 5.91 Å². The molecule has 0 aromatic heterocycles. The second-order valence-electron chi connectivity index (χ2n) is 4.64. The van der Waals surface area contributed by atoms with E-state index in [-0.39, 0.29) is 17.9 Å². The molecule has 4 nitrogen and oxygen atoms in total. The van der Waals surface area contributed by atoms with Crippen molar-refractivity contribution in [3.8, 4) is 0 Å². The molecule has 1 amide bonds. The lowest BCUT2D eigenvalue weighted by atomic mass is 9.78. The van der Waals surface area contributed by atoms with Crippen LogP contribution in [0, 0.1) is 11.8 Å². The monoisotopic (exact) mass is 228 g/mol. The van der Waals surface area contributed by atoms with E-state index in [1.54, 1.807) is 0 Å². The van der Waals surface area contributed by atoms with Crippen molar-refractivity contribution in [1.82, 2.24) is 5.32 Å². The highest BCUT2D eigenvalue weighted by Crippen LogP contribution is 2.28. The van der Waals surface area contributed by atoms with Crippen LogP contribution in [0.2, 0.25) is 0 Å². The fraction of sp³-hybridized carbons (Fsp3) is 0.917. The van der Waals surface area contributed by atoms with Gasteiger partial charge in [-0.2, -0.15) is 0 Å². The molecule has 16 heavy (non-hydrogen) atoms. The molecule has 1 aliphatic carbocycles. The first-order valence-electron chi connectivity index (χ1n) is 6.26. The van der Waals surface area contributed by atoms with Gasteiger partial charge in [-0.15, -0.1) is 0 Å². The molecule has 0 bridgehead atoms. The van der Waals surface area contributed by atoms with E-state index in [0.29, 0.717) is 25.7 Å². The summed E-state index contributed by atoms with van der Waals surface area (Å²) in [4.78, 5) is 11.9. The number of ether oxygens (including phenoxy) is 1. The maximum Gasteiger partial charge on any atom is 0.223 e. The van der Waals surface area contributed by atoms with E-state index in [0.717, 1.165) is 19.3 Å². The maximum atomic E-state index is 11.9. The zero-order valence-corrected chi connectivity index (χ0v) is 10.4. The largest absolute Gasteiger partial charge is 0.380 e. The van der Waals surface area contributed by atoms with Gasteiger partial charge >= 0.3 is 0 Å². The Morgan fingerprint density at radius 1 is 1.50 bits per heavy atom. The summed E-state index contributed by atoms with van der Waals surface area (Å²) in [6, 6.07) is 0.193. The van der Waals surface area contributed by atoms with Gasteiger partial charge in [-0.3, -0.25) is 4.79 Å². The van der Waals surface area contributed by atoms with Crippen LogP contribution in [-0.4, -0.2) is 31.7 Å². The SMILES string of the molecule is CCOCCNC(=O)C1CC(N)CCC1C. The number of hydrogen-bond donors (Lipinski definition) is 2. The summed E-state index contributed by atoms with van der Waals surface area (Å²) in [7, 11) is 0. The van der Waals surface area contributed by atoms with E-state index in [9.17, 15) is 4.79 Å². The van der Waals surface area contributed by atoms with Gasteiger partial charge < -0.3 is 15.8 Å². The van der Waals surface area contributed by atoms with E-state index in [4.69, 9.17) is 10.5 Å². The van der Waals surface area contributed by atoms with Crippen LogP contribution in [-0.2, 0) is 9.53 Å². The molecule has 94 valence electrons. The van der Waals surface area contributed by atoms with Crippen molar-refractivity contribution in [2.45, 2.75) is 39.2 Å². The Labute approximate surface area is 97.9 Å². The molecule has 1 rings (SSSR count). The molecule has 0 aromatic rings. The molecule has 3 N–H and O–H groups in total. The molecule has 0 heterocycles. The highest BCUT2D eigenvalue weighted by Gasteiger charge is 2.30. The van der Waals surface area contributed by atoms with Crippen molar-refractivity contribution in [3.63, 3.8) is 0 Å². The molecular formula is C12H24N2O2. The molecule has 1 saturated carbocycles. The molecule has 1 aliphatic rings. The molecule has 0 saturated heterocycles. The topological polar surface area (TPSA) is 64.3 Å². The molecule has 1 fully saturated rings. The average molecular weight is 228 g/mol. The van der Waals surface area contributed by atoms with Crippen LogP contribution < -0.4 is 11.1 Å². The standard InChI is InChI=1S/C12H24N2O2/c1-3-16-7-6-14-12(15)11-8-10(13)5-4-9(11)2/h9-11H,3-8,13H2,1-2H3,(H,14,15). The lowest BCUT2D eigenvalue weighted by Gasteiger charge is -2.31. The summed E-state index contributed by atoms with van der Waals surface area (Å²) in [5.74, 6) is 0.680. The summed E-state index contributed by atoms with van der Waals surface area (Å²) in [6.45, 7) is 5.98. The van der Waals surface area contributed by atoms with Gasteiger partial charge in [0.05, 0.1) is 6.61 Å².